The van der Waals surface area contributed by atoms with Gasteiger partial charge in [0, 0.05) is 55.5 Å². The SMILES string of the molecule is c1ccc(-n2c3ccccc3c3cc(-c4cc(-c5ccc6ccc7cccnc7c6n5)cc5c4c4ccccc4n5-c4ccccc4)ccc32)cc1. The Hall–Kier alpha value is -7.04. The fourth-order valence-corrected chi connectivity index (χ4v) is 8.21. The van der Waals surface area contributed by atoms with Gasteiger partial charge in [-0.3, -0.25) is 4.98 Å². The van der Waals surface area contributed by atoms with Gasteiger partial charge in [-0.05, 0) is 83.9 Å². The lowest BCUT2D eigenvalue weighted by Gasteiger charge is -2.13. The Morgan fingerprint density at radius 2 is 1.00 bits per heavy atom. The van der Waals surface area contributed by atoms with Crippen molar-refractivity contribution in [1.82, 2.24) is 19.1 Å². The minimum atomic E-state index is 0.913. The molecule has 0 saturated heterocycles. The first-order valence-electron chi connectivity index (χ1n) is 17.7. The zero-order valence-electron chi connectivity index (χ0n) is 28.1. The van der Waals surface area contributed by atoms with Crippen LogP contribution >= 0.6 is 0 Å². The number of rotatable bonds is 4. The number of aromatic nitrogens is 4. The van der Waals surface area contributed by atoms with Gasteiger partial charge < -0.3 is 9.13 Å². The van der Waals surface area contributed by atoms with Crippen LogP contribution in [0.1, 0.15) is 0 Å². The predicted molar refractivity (Wildman–Crippen MR) is 217 cm³/mol. The van der Waals surface area contributed by atoms with Gasteiger partial charge in [-0.2, -0.15) is 0 Å². The number of nitrogens with zero attached hydrogens (tertiary/aromatic N) is 4. The zero-order valence-corrected chi connectivity index (χ0v) is 28.1. The van der Waals surface area contributed by atoms with Crippen LogP contribution in [0.15, 0.2) is 182 Å². The summed E-state index contributed by atoms with van der Waals surface area (Å²) < 4.78 is 4.77. The third-order valence-corrected chi connectivity index (χ3v) is 10.5. The molecule has 4 heterocycles. The Morgan fingerprint density at radius 3 is 1.77 bits per heavy atom. The van der Waals surface area contributed by atoms with Crippen molar-refractivity contribution < 1.29 is 0 Å². The molecule has 0 aliphatic heterocycles. The van der Waals surface area contributed by atoms with Crippen molar-refractivity contribution in [2.24, 2.45) is 0 Å². The van der Waals surface area contributed by atoms with Crippen LogP contribution < -0.4 is 0 Å². The number of pyridine rings is 2. The first-order valence-corrected chi connectivity index (χ1v) is 17.7. The van der Waals surface area contributed by atoms with Crippen molar-refractivity contribution in [3.05, 3.63) is 182 Å². The van der Waals surface area contributed by atoms with Crippen molar-refractivity contribution in [2.75, 3.05) is 0 Å². The van der Waals surface area contributed by atoms with Gasteiger partial charge in [0.25, 0.3) is 0 Å². The molecular weight excluding hydrogens is 633 g/mol. The first-order chi connectivity index (χ1) is 25.8. The van der Waals surface area contributed by atoms with Gasteiger partial charge in [-0.15, -0.1) is 0 Å². The molecule has 0 bridgehead atoms. The third kappa shape index (κ3) is 4.28. The average molecular weight is 663 g/mol. The Kier molecular flexibility index (Phi) is 6.22. The highest BCUT2D eigenvalue weighted by molar-refractivity contribution is 6.18. The second-order valence-corrected chi connectivity index (χ2v) is 13.4. The molecule has 0 spiro atoms. The quantitative estimate of drug-likeness (QED) is 0.176. The van der Waals surface area contributed by atoms with E-state index in [1.54, 1.807) is 0 Å². The van der Waals surface area contributed by atoms with Crippen molar-refractivity contribution in [1.29, 1.82) is 0 Å². The number of fused-ring (bicyclic) bond motifs is 9. The highest BCUT2D eigenvalue weighted by Gasteiger charge is 2.20. The van der Waals surface area contributed by atoms with Crippen LogP contribution in [-0.4, -0.2) is 19.1 Å². The molecule has 0 saturated carbocycles. The van der Waals surface area contributed by atoms with E-state index < -0.39 is 0 Å². The molecule has 0 aliphatic rings. The highest BCUT2D eigenvalue weighted by Crippen LogP contribution is 2.43. The van der Waals surface area contributed by atoms with E-state index in [-0.39, 0.29) is 0 Å². The summed E-state index contributed by atoms with van der Waals surface area (Å²) in [6, 6.07) is 63.1. The summed E-state index contributed by atoms with van der Waals surface area (Å²) in [5, 5.41) is 7.07. The van der Waals surface area contributed by atoms with Crippen LogP contribution in [0.5, 0.6) is 0 Å². The van der Waals surface area contributed by atoms with Crippen molar-refractivity contribution >= 4 is 65.4 Å². The lowest BCUT2D eigenvalue weighted by molar-refractivity contribution is 1.18. The minimum absolute atomic E-state index is 0.913. The van der Waals surface area contributed by atoms with Crippen LogP contribution in [0, 0.1) is 0 Å². The van der Waals surface area contributed by atoms with Crippen molar-refractivity contribution in [2.45, 2.75) is 0 Å². The van der Waals surface area contributed by atoms with Crippen LogP contribution in [0.25, 0.3) is 99.2 Å². The molecule has 0 N–H and O–H groups in total. The van der Waals surface area contributed by atoms with E-state index in [2.05, 4.69) is 179 Å². The summed E-state index contributed by atoms with van der Waals surface area (Å²) in [6.07, 6.45) is 1.85. The normalized spacial score (nSPS) is 11.8. The first kappa shape index (κ1) is 28.8. The van der Waals surface area contributed by atoms with E-state index in [1.165, 1.54) is 49.2 Å². The van der Waals surface area contributed by atoms with Crippen LogP contribution in [0.4, 0.5) is 0 Å². The van der Waals surface area contributed by atoms with Gasteiger partial charge >= 0.3 is 0 Å². The molecule has 7 aromatic carbocycles. The summed E-state index contributed by atoms with van der Waals surface area (Å²) in [6.45, 7) is 0. The molecule has 0 radical (unpaired) electrons. The molecule has 4 heteroatoms. The van der Waals surface area contributed by atoms with E-state index >= 15 is 0 Å². The molecule has 52 heavy (non-hydrogen) atoms. The summed E-state index contributed by atoms with van der Waals surface area (Å²) in [5.74, 6) is 0. The lowest BCUT2D eigenvalue weighted by atomic mass is 9.94. The molecule has 0 amide bonds. The smallest absolute Gasteiger partial charge is 0.0972 e. The van der Waals surface area contributed by atoms with Crippen LogP contribution in [0.2, 0.25) is 0 Å². The van der Waals surface area contributed by atoms with Gasteiger partial charge in [0.05, 0.1) is 38.8 Å². The van der Waals surface area contributed by atoms with Gasteiger partial charge in [-0.25, -0.2) is 4.98 Å². The fourth-order valence-electron chi connectivity index (χ4n) is 8.21. The van der Waals surface area contributed by atoms with Crippen LogP contribution in [0.3, 0.4) is 0 Å². The monoisotopic (exact) mass is 662 g/mol. The largest absolute Gasteiger partial charge is 0.309 e. The maximum absolute atomic E-state index is 5.32. The maximum Gasteiger partial charge on any atom is 0.0972 e. The van der Waals surface area contributed by atoms with Gasteiger partial charge in [0.1, 0.15) is 0 Å². The van der Waals surface area contributed by atoms with E-state index in [1.807, 2.05) is 12.3 Å². The molecule has 4 nitrogen and oxygen atoms in total. The van der Waals surface area contributed by atoms with Gasteiger partial charge in [-0.1, -0.05) is 103 Å². The molecule has 0 unspecified atom stereocenters. The van der Waals surface area contributed by atoms with Gasteiger partial charge in [0.15, 0.2) is 0 Å². The molecule has 11 aromatic rings. The second kappa shape index (κ2) is 11.2. The second-order valence-electron chi connectivity index (χ2n) is 13.4. The number of benzene rings is 7. The fraction of sp³-hybridized carbons (Fsp3) is 0. The van der Waals surface area contributed by atoms with E-state index in [4.69, 9.17) is 9.97 Å². The topological polar surface area (TPSA) is 35.6 Å². The lowest BCUT2D eigenvalue weighted by Crippen LogP contribution is -1.95. The maximum atomic E-state index is 5.32. The van der Waals surface area contributed by atoms with Crippen LogP contribution in [-0.2, 0) is 0 Å². The number of hydrogen-bond acceptors (Lipinski definition) is 2. The molecule has 0 fully saturated rings. The predicted octanol–water partition coefficient (Wildman–Crippen LogP) is 12.3. The Morgan fingerprint density at radius 1 is 0.385 bits per heavy atom. The average Bonchev–Trinajstić information content (AvgIpc) is 3.73. The Labute approximate surface area is 299 Å². The Bertz CT molecular complexity index is 3170. The van der Waals surface area contributed by atoms with E-state index in [0.717, 1.165) is 50.0 Å². The summed E-state index contributed by atoms with van der Waals surface area (Å²) in [5.41, 5.74) is 13.1. The zero-order chi connectivity index (χ0) is 34.2. The van der Waals surface area contributed by atoms with E-state index in [9.17, 15) is 0 Å². The third-order valence-electron chi connectivity index (χ3n) is 10.5. The minimum Gasteiger partial charge on any atom is -0.309 e. The summed E-state index contributed by atoms with van der Waals surface area (Å²) >= 11 is 0. The molecule has 0 atom stereocenters. The molecule has 11 rings (SSSR count). The number of hydrogen-bond donors (Lipinski definition) is 0. The molecule has 242 valence electrons. The summed E-state index contributed by atoms with van der Waals surface area (Å²) in [7, 11) is 0. The highest BCUT2D eigenvalue weighted by atomic mass is 15.0. The van der Waals surface area contributed by atoms with Gasteiger partial charge in [0.2, 0.25) is 0 Å². The molecular formula is C48H30N4. The standard InChI is InChI=1S/C48H30N4/c1-3-13-35(14-4-1)51-42-19-9-7-17-37(42)40-28-33(24-26-44(40)51)39-29-34(41-25-23-32-22-21-31-12-11-27-49-47(31)48(32)50-41)30-45-46(39)38-18-8-10-20-43(38)52(45)36-15-5-2-6-16-36/h1-30H. The van der Waals surface area contributed by atoms with Crippen molar-refractivity contribution in [3.8, 4) is 33.8 Å². The van der Waals surface area contributed by atoms with Crippen molar-refractivity contribution in [3.63, 3.8) is 0 Å². The van der Waals surface area contributed by atoms with E-state index in [0.29, 0.717) is 0 Å². The summed E-state index contributed by atoms with van der Waals surface area (Å²) in [4.78, 5) is 10.1. The molecule has 4 aromatic heterocycles. The Balaban J connectivity index is 1.24. The number of para-hydroxylation sites is 4. The molecule has 0 aliphatic carbocycles.